The van der Waals surface area contributed by atoms with Crippen molar-refractivity contribution in [2.75, 3.05) is 17.9 Å². The summed E-state index contributed by atoms with van der Waals surface area (Å²) in [5.41, 5.74) is 4.61. The highest BCUT2D eigenvalue weighted by molar-refractivity contribution is 7.80. The van der Waals surface area contributed by atoms with Crippen LogP contribution in [0.15, 0.2) is 12.7 Å². The van der Waals surface area contributed by atoms with Gasteiger partial charge < -0.3 is 10.1 Å². The number of rotatable bonds is 3. The zero-order valence-corrected chi connectivity index (χ0v) is 14.5. The molecule has 7 nitrogen and oxygen atoms in total. The molecule has 1 aliphatic rings. The van der Waals surface area contributed by atoms with Crippen LogP contribution in [0.2, 0.25) is 0 Å². The summed E-state index contributed by atoms with van der Waals surface area (Å²) in [5.74, 6) is 0.299. The van der Waals surface area contributed by atoms with Gasteiger partial charge in [-0.2, -0.15) is 0 Å². The van der Waals surface area contributed by atoms with E-state index in [-0.39, 0.29) is 5.97 Å². The molecule has 0 bridgehead atoms. The highest BCUT2D eigenvalue weighted by atomic mass is 32.1. The van der Waals surface area contributed by atoms with Crippen LogP contribution in [-0.4, -0.2) is 33.1 Å². The molecule has 1 unspecified atom stereocenters. The van der Waals surface area contributed by atoms with E-state index in [1.807, 2.05) is 0 Å². The smallest absolute Gasteiger partial charge is 0.341 e. The molecule has 0 aliphatic heterocycles. The minimum Gasteiger partial charge on any atom is -0.465 e. The van der Waals surface area contributed by atoms with Gasteiger partial charge in [-0.25, -0.2) is 9.47 Å². The average molecular weight is 351 g/mol. The van der Waals surface area contributed by atoms with Gasteiger partial charge in [0.15, 0.2) is 5.11 Å². The number of fused-ring (bicyclic) bond motifs is 1. The third-order valence-corrected chi connectivity index (χ3v) is 5.14. The molecular formula is C14H17N5O2S2. The van der Waals surface area contributed by atoms with Crippen molar-refractivity contribution in [3.05, 3.63) is 28.7 Å². The summed E-state index contributed by atoms with van der Waals surface area (Å²) < 4.78 is 6.48. The molecule has 9 heteroatoms. The number of esters is 1. The first-order valence-corrected chi connectivity index (χ1v) is 8.46. The number of hydrogen-bond acceptors (Lipinski definition) is 6. The van der Waals surface area contributed by atoms with Gasteiger partial charge in [0.25, 0.3) is 0 Å². The third kappa shape index (κ3) is 3.35. The van der Waals surface area contributed by atoms with Gasteiger partial charge in [0, 0.05) is 4.88 Å². The summed E-state index contributed by atoms with van der Waals surface area (Å²) in [4.78, 5) is 13.4. The Bertz CT molecular complexity index is 726. The highest BCUT2D eigenvalue weighted by Crippen LogP contribution is 2.39. The summed E-state index contributed by atoms with van der Waals surface area (Å²) in [6, 6.07) is 0. The number of carbonyl (C=O) groups excluding carboxylic acids is 1. The number of ether oxygens (including phenoxy) is 1. The predicted octanol–water partition coefficient (Wildman–Crippen LogP) is 2.19. The fourth-order valence-electron chi connectivity index (χ4n) is 2.66. The minimum atomic E-state index is -0.327. The van der Waals surface area contributed by atoms with Crippen molar-refractivity contribution in [1.29, 1.82) is 0 Å². The van der Waals surface area contributed by atoms with E-state index in [0.29, 0.717) is 16.6 Å². The Hall–Kier alpha value is -2.00. The minimum absolute atomic E-state index is 0.327. The van der Waals surface area contributed by atoms with Crippen LogP contribution in [0.4, 0.5) is 5.00 Å². The molecule has 1 atom stereocenters. The molecule has 122 valence electrons. The first kappa shape index (κ1) is 15.9. The van der Waals surface area contributed by atoms with Gasteiger partial charge in [0.05, 0.1) is 12.7 Å². The maximum absolute atomic E-state index is 12.2. The van der Waals surface area contributed by atoms with Crippen molar-refractivity contribution >= 4 is 39.6 Å². The fourth-order valence-corrected chi connectivity index (χ4v) is 4.34. The standard InChI is InChI=1S/C14H17N5O2S2/c1-8-3-4-9-10(5-8)23-12(11(9)13(20)21-2)17-14(22)18-19-6-15-16-7-19/h6-8H,3-5H2,1-2H3,(H2,17,18,22). The molecule has 0 spiro atoms. The number of carbonyl (C=O) groups is 1. The lowest BCUT2D eigenvalue weighted by atomic mass is 9.88. The van der Waals surface area contributed by atoms with Crippen molar-refractivity contribution < 1.29 is 9.53 Å². The van der Waals surface area contributed by atoms with Gasteiger partial charge in [-0.05, 0) is 43.0 Å². The van der Waals surface area contributed by atoms with Crippen molar-refractivity contribution in [1.82, 2.24) is 14.9 Å². The quantitative estimate of drug-likeness (QED) is 0.648. The monoisotopic (exact) mass is 351 g/mol. The molecule has 2 N–H and O–H groups in total. The van der Waals surface area contributed by atoms with Gasteiger partial charge in [0.2, 0.25) is 0 Å². The number of nitrogens with one attached hydrogen (secondary N) is 2. The number of methoxy groups -OCH3 is 1. The van der Waals surface area contributed by atoms with E-state index < -0.39 is 0 Å². The molecule has 23 heavy (non-hydrogen) atoms. The molecule has 0 radical (unpaired) electrons. The molecule has 2 aromatic heterocycles. The SMILES string of the molecule is COC(=O)c1c(NC(=S)Nn2cnnc2)sc2c1CCC(C)C2. The van der Waals surface area contributed by atoms with E-state index in [2.05, 4.69) is 27.9 Å². The van der Waals surface area contributed by atoms with Crippen LogP contribution in [-0.2, 0) is 17.6 Å². The summed E-state index contributed by atoms with van der Waals surface area (Å²) in [7, 11) is 1.40. The molecular weight excluding hydrogens is 334 g/mol. The lowest BCUT2D eigenvalue weighted by Crippen LogP contribution is -2.27. The Morgan fingerprint density at radius 1 is 1.48 bits per heavy atom. The lowest BCUT2D eigenvalue weighted by molar-refractivity contribution is 0.0601. The third-order valence-electron chi connectivity index (χ3n) is 3.78. The van der Waals surface area contributed by atoms with E-state index in [1.54, 1.807) is 11.3 Å². The first-order valence-electron chi connectivity index (χ1n) is 7.24. The molecule has 0 saturated carbocycles. The molecule has 3 rings (SSSR count). The van der Waals surface area contributed by atoms with E-state index in [9.17, 15) is 4.79 Å². The number of nitrogens with zero attached hydrogens (tertiary/aromatic N) is 3. The molecule has 2 heterocycles. The molecule has 0 amide bonds. The second-order valence-corrected chi connectivity index (χ2v) is 7.00. The second kappa shape index (κ2) is 6.63. The summed E-state index contributed by atoms with van der Waals surface area (Å²) in [5, 5.41) is 11.6. The lowest BCUT2D eigenvalue weighted by Gasteiger charge is -2.18. The van der Waals surface area contributed by atoms with Crippen molar-refractivity contribution in [2.24, 2.45) is 5.92 Å². The van der Waals surface area contributed by atoms with Gasteiger partial charge in [-0.1, -0.05) is 6.92 Å². The van der Waals surface area contributed by atoms with Gasteiger partial charge >= 0.3 is 5.97 Å². The summed E-state index contributed by atoms with van der Waals surface area (Å²) in [6.07, 6.45) is 5.95. The molecule has 1 aliphatic carbocycles. The van der Waals surface area contributed by atoms with Gasteiger partial charge in [0.1, 0.15) is 17.7 Å². The van der Waals surface area contributed by atoms with Crippen molar-refractivity contribution in [3.8, 4) is 0 Å². The normalized spacial score (nSPS) is 16.5. The zero-order valence-electron chi connectivity index (χ0n) is 12.8. The van der Waals surface area contributed by atoms with Crippen LogP contribution < -0.4 is 10.7 Å². The maximum Gasteiger partial charge on any atom is 0.341 e. The van der Waals surface area contributed by atoms with Crippen LogP contribution in [0.3, 0.4) is 0 Å². The largest absolute Gasteiger partial charge is 0.465 e. The van der Waals surface area contributed by atoms with Crippen LogP contribution >= 0.6 is 23.6 Å². The van der Waals surface area contributed by atoms with E-state index in [1.165, 1.54) is 29.3 Å². The van der Waals surface area contributed by atoms with E-state index in [0.717, 1.165) is 29.8 Å². The molecule has 0 aromatic carbocycles. The molecule has 0 saturated heterocycles. The van der Waals surface area contributed by atoms with Crippen molar-refractivity contribution in [3.63, 3.8) is 0 Å². The Kier molecular flexibility index (Phi) is 4.58. The van der Waals surface area contributed by atoms with Gasteiger partial charge in [-0.3, -0.25) is 5.43 Å². The van der Waals surface area contributed by atoms with Crippen LogP contribution in [0.1, 0.15) is 34.1 Å². The Balaban J connectivity index is 1.85. The van der Waals surface area contributed by atoms with E-state index in [4.69, 9.17) is 17.0 Å². The number of thiocarbonyl (C=S) groups is 1. The predicted molar refractivity (Wildman–Crippen MR) is 92.5 cm³/mol. The van der Waals surface area contributed by atoms with Gasteiger partial charge in [-0.15, -0.1) is 21.5 Å². The fraction of sp³-hybridized carbons (Fsp3) is 0.429. The highest BCUT2D eigenvalue weighted by Gasteiger charge is 2.28. The summed E-state index contributed by atoms with van der Waals surface area (Å²) in [6.45, 7) is 2.23. The number of anilines is 1. The van der Waals surface area contributed by atoms with Crippen LogP contribution in [0, 0.1) is 5.92 Å². The van der Waals surface area contributed by atoms with Crippen molar-refractivity contribution in [2.45, 2.75) is 26.2 Å². The first-order chi connectivity index (χ1) is 11.1. The zero-order chi connectivity index (χ0) is 16.4. The Morgan fingerprint density at radius 2 is 2.22 bits per heavy atom. The van der Waals surface area contributed by atoms with Crippen LogP contribution in [0.25, 0.3) is 0 Å². The Labute approximate surface area is 143 Å². The molecule has 2 aromatic rings. The number of aromatic nitrogens is 3. The van der Waals surface area contributed by atoms with Crippen LogP contribution in [0.5, 0.6) is 0 Å². The van der Waals surface area contributed by atoms with E-state index >= 15 is 0 Å². The average Bonchev–Trinajstić information content (AvgIpc) is 3.13. The topological polar surface area (TPSA) is 81.1 Å². The summed E-state index contributed by atoms with van der Waals surface area (Å²) >= 11 is 6.86. The second-order valence-electron chi connectivity index (χ2n) is 5.48. The number of hydrogen-bond donors (Lipinski definition) is 2. The molecule has 0 fully saturated rings. The number of thiophene rings is 1. The maximum atomic E-state index is 12.2. The Morgan fingerprint density at radius 3 is 2.91 bits per heavy atom.